The zero-order chi connectivity index (χ0) is 18.4. The van der Waals surface area contributed by atoms with E-state index >= 15 is 0 Å². The third-order valence-corrected chi connectivity index (χ3v) is 4.80. The predicted octanol–water partition coefficient (Wildman–Crippen LogP) is 3.04. The molecule has 5 nitrogen and oxygen atoms in total. The van der Waals surface area contributed by atoms with Gasteiger partial charge in [-0.25, -0.2) is 0 Å². The van der Waals surface area contributed by atoms with Crippen LogP contribution in [0, 0.1) is 0 Å². The lowest BCUT2D eigenvalue weighted by Gasteiger charge is -2.22. The van der Waals surface area contributed by atoms with Crippen molar-refractivity contribution in [2.45, 2.75) is 19.3 Å². The molecule has 2 aromatic rings. The van der Waals surface area contributed by atoms with Gasteiger partial charge in [0.05, 0.1) is 5.56 Å². The van der Waals surface area contributed by atoms with Crippen LogP contribution >= 0.6 is 11.6 Å². The van der Waals surface area contributed by atoms with E-state index in [-0.39, 0.29) is 11.8 Å². The van der Waals surface area contributed by atoms with Gasteiger partial charge in [0.2, 0.25) is 5.91 Å². The Morgan fingerprint density at radius 2 is 1.85 bits per heavy atom. The molecule has 3 rings (SSSR count). The van der Waals surface area contributed by atoms with Crippen molar-refractivity contribution >= 4 is 23.4 Å². The van der Waals surface area contributed by atoms with E-state index in [0.717, 1.165) is 12.0 Å². The summed E-state index contributed by atoms with van der Waals surface area (Å²) in [5.41, 5.74) is 1.65. The number of hydrogen-bond acceptors (Lipinski definition) is 3. The van der Waals surface area contributed by atoms with E-state index < -0.39 is 0 Å². The highest BCUT2D eigenvalue weighted by atomic mass is 35.5. The third-order valence-electron chi connectivity index (χ3n) is 4.56. The minimum absolute atomic E-state index is 0.0219. The quantitative estimate of drug-likeness (QED) is 0.830. The summed E-state index contributed by atoms with van der Waals surface area (Å²) in [6, 6.07) is 11.1. The molecule has 1 aromatic heterocycles. The number of halogens is 1. The first-order chi connectivity index (χ1) is 12.6. The smallest absolute Gasteiger partial charge is 0.255 e. The Kier molecular flexibility index (Phi) is 6.23. The summed E-state index contributed by atoms with van der Waals surface area (Å²) in [4.78, 5) is 32.8. The van der Waals surface area contributed by atoms with Crippen LogP contribution in [0.3, 0.4) is 0 Å². The molecule has 0 aliphatic carbocycles. The second-order valence-corrected chi connectivity index (χ2v) is 6.83. The summed E-state index contributed by atoms with van der Waals surface area (Å²) in [6.07, 6.45) is 5.15. The van der Waals surface area contributed by atoms with Crippen molar-refractivity contribution in [1.82, 2.24) is 14.8 Å². The maximum atomic E-state index is 12.5. The standard InChI is InChI=1S/C20H22ClN3O2/c21-18-6-1-4-16(14-18)7-8-19(25)23-10-3-11-24(13-12-23)20(26)17-5-2-9-22-15-17/h1-2,4-6,9,14-15H,3,7-8,10-13H2. The van der Waals surface area contributed by atoms with Crippen molar-refractivity contribution in [3.05, 3.63) is 64.9 Å². The fraction of sp³-hybridized carbons (Fsp3) is 0.350. The van der Waals surface area contributed by atoms with E-state index in [9.17, 15) is 9.59 Å². The molecular weight excluding hydrogens is 350 g/mol. The van der Waals surface area contributed by atoms with Gasteiger partial charge in [0.15, 0.2) is 0 Å². The molecule has 0 atom stereocenters. The van der Waals surface area contributed by atoms with Crippen LogP contribution in [0.25, 0.3) is 0 Å². The highest BCUT2D eigenvalue weighted by Gasteiger charge is 2.22. The summed E-state index contributed by atoms with van der Waals surface area (Å²) in [6.45, 7) is 2.47. The number of carbonyl (C=O) groups is 2. The van der Waals surface area contributed by atoms with Gasteiger partial charge in [-0.1, -0.05) is 23.7 Å². The average Bonchev–Trinajstić information content (AvgIpc) is 2.92. The number of benzene rings is 1. The molecule has 26 heavy (non-hydrogen) atoms. The fourth-order valence-electron chi connectivity index (χ4n) is 3.14. The highest BCUT2D eigenvalue weighted by Crippen LogP contribution is 2.14. The number of nitrogens with zero attached hydrogens (tertiary/aromatic N) is 3. The molecule has 2 amide bonds. The normalized spacial score (nSPS) is 14.8. The monoisotopic (exact) mass is 371 g/mol. The van der Waals surface area contributed by atoms with Crippen LogP contribution in [0.1, 0.15) is 28.8 Å². The van der Waals surface area contributed by atoms with Crippen molar-refractivity contribution in [1.29, 1.82) is 0 Å². The Hall–Kier alpha value is -2.40. The fourth-order valence-corrected chi connectivity index (χ4v) is 3.36. The Labute approximate surface area is 158 Å². The van der Waals surface area contributed by atoms with E-state index in [1.807, 2.05) is 29.2 Å². The zero-order valence-corrected chi connectivity index (χ0v) is 15.4. The molecule has 136 valence electrons. The van der Waals surface area contributed by atoms with Gasteiger partial charge in [-0.05, 0) is 42.7 Å². The van der Waals surface area contributed by atoms with Gasteiger partial charge in [0.25, 0.3) is 5.91 Å². The first kappa shape index (κ1) is 18.4. The van der Waals surface area contributed by atoms with E-state index in [1.165, 1.54) is 0 Å². The minimum atomic E-state index is -0.0219. The van der Waals surface area contributed by atoms with Gasteiger partial charge in [-0.2, -0.15) is 0 Å². The minimum Gasteiger partial charge on any atom is -0.341 e. The lowest BCUT2D eigenvalue weighted by Crippen LogP contribution is -2.37. The van der Waals surface area contributed by atoms with Gasteiger partial charge >= 0.3 is 0 Å². The lowest BCUT2D eigenvalue weighted by molar-refractivity contribution is -0.131. The topological polar surface area (TPSA) is 53.5 Å². The number of aryl methyl sites for hydroxylation is 1. The van der Waals surface area contributed by atoms with Gasteiger partial charge in [0.1, 0.15) is 0 Å². The molecule has 6 heteroatoms. The summed E-state index contributed by atoms with van der Waals surface area (Å²) in [5, 5.41) is 0.689. The van der Waals surface area contributed by atoms with Gasteiger partial charge in [-0.15, -0.1) is 0 Å². The SMILES string of the molecule is O=C(CCc1cccc(Cl)c1)N1CCCN(C(=O)c2cccnc2)CC1. The van der Waals surface area contributed by atoms with Crippen LogP contribution in [0.2, 0.25) is 5.02 Å². The molecule has 1 aromatic carbocycles. The first-order valence-corrected chi connectivity index (χ1v) is 9.23. The van der Waals surface area contributed by atoms with Crippen LogP contribution in [0.5, 0.6) is 0 Å². The Balaban J connectivity index is 1.53. The van der Waals surface area contributed by atoms with Gasteiger partial charge < -0.3 is 9.80 Å². The van der Waals surface area contributed by atoms with Gasteiger partial charge in [0, 0.05) is 50.0 Å². The molecule has 1 aliphatic heterocycles. The summed E-state index contributed by atoms with van der Waals surface area (Å²) < 4.78 is 0. The first-order valence-electron chi connectivity index (χ1n) is 8.85. The van der Waals surface area contributed by atoms with Gasteiger partial charge in [-0.3, -0.25) is 14.6 Å². The molecule has 1 aliphatic rings. The molecule has 1 saturated heterocycles. The van der Waals surface area contributed by atoms with Crippen LogP contribution in [-0.2, 0) is 11.2 Å². The summed E-state index contributed by atoms with van der Waals surface area (Å²) in [5.74, 6) is 0.104. The maximum Gasteiger partial charge on any atom is 0.255 e. The third kappa shape index (κ3) is 4.82. The Morgan fingerprint density at radius 1 is 1.04 bits per heavy atom. The number of amides is 2. The molecule has 0 radical (unpaired) electrons. The van der Waals surface area contributed by atoms with Crippen molar-refractivity contribution in [2.24, 2.45) is 0 Å². The van der Waals surface area contributed by atoms with Crippen LogP contribution in [-0.4, -0.2) is 52.8 Å². The van der Waals surface area contributed by atoms with Crippen molar-refractivity contribution in [3.8, 4) is 0 Å². The largest absolute Gasteiger partial charge is 0.341 e. The Bertz CT molecular complexity index is 767. The van der Waals surface area contributed by atoms with Crippen molar-refractivity contribution < 1.29 is 9.59 Å². The Morgan fingerprint density at radius 3 is 2.62 bits per heavy atom. The number of pyridine rings is 1. The highest BCUT2D eigenvalue weighted by molar-refractivity contribution is 6.30. The number of carbonyl (C=O) groups excluding carboxylic acids is 2. The zero-order valence-electron chi connectivity index (χ0n) is 14.6. The molecule has 1 fully saturated rings. The predicted molar refractivity (Wildman–Crippen MR) is 101 cm³/mol. The number of hydrogen-bond donors (Lipinski definition) is 0. The van der Waals surface area contributed by atoms with Crippen LogP contribution in [0.15, 0.2) is 48.8 Å². The molecule has 0 spiro atoms. The molecular formula is C20H22ClN3O2. The maximum absolute atomic E-state index is 12.5. The molecule has 0 N–H and O–H groups in total. The number of rotatable bonds is 4. The van der Waals surface area contributed by atoms with Crippen LogP contribution < -0.4 is 0 Å². The number of aromatic nitrogens is 1. The summed E-state index contributed by atoms with van der Waals surface area (Å²) >= 11 is 5.99. The second kappa shape index (κ2) is 8.81. The van der Waals surface area contributed by atoms with E-state index in [4.69, 9.17) is 11.6 Å². The second-order valence-electron chi connectivity index (χ2n) is 6.40. The lowest BCUT2D eigenvalue weighted by atomic mass is 10.1. The molecule has 0 saturated carbocycles. The van der Waals surface area contributed by atoms with E-state index in [1.54, 1.807) is 29.4 Å². The van der Waals surface area contributed by atoms with E-state index in [0.29, 0.717) is 49.6 Å². The average molecular weight is 372 g/mol. The van der Waals surface area contributed by atoms with Crippen LogP contribution in [0.4, 0.5) is 0 Å². The molecule has 0 bridgehead atoms. The van der Waals surface area contributed by atoms with Crippen molar-refractivity contribution in [3.63, 3.8) is 0 Å². The molecule has 2 heterocycles. The molecule has 0 unspecified atom stereocenters. The van der Waals surface area contributed by atoms with Crippen molar-refractivity contribution in [2.75, 3.05) is 26.2 Å². The van der Waals surface area contributed by atoms with E-state index in [2.05, 4.69) is 4.98 Å². The summed E-state index contributed by atoms with van der Waals surface area (Å²) in [7, 11) is 0.